The van der Waals surface area contributed by atoms with Crippen LogP contribution in [0.4, 0.5) is 0 Å². The molecule has 0 saturated carbocycles. The van der Waals surface area contributed by atoms with E-state index in [-0.39, 0.29) is 11.8 Å². The summed E-state index contributed by atoms with van der Waals surface area (Å²) in [7, 11) is 0. The lowest BCUT2D eigenvalue weighted by molar-refractivity contribution is -0.139. The quantitative estimate of drug-likeness (QED) is 0.668. The van der Waals surface area contributed by atoms with Crippen LogP contribution in [-0.4, -0.2) is 11.1 Å². The van der Waals surface area contributed by atoms with Crippen LogP contribution in [0, 0.1) is 5.41 Å². The van der Waals surface area contributed by atoms with Gasteiger partial charge in [-0.1, -0.05) is 33.6 Å². The molecule has 0 amide bonds. The molecule has 1 N–H and O–H groups in total. The van der Waals surface area contributed by atoms with E-state index in [1.807, 2.05) is 13.8 Å². The number of aliphatic carboxylic acids is 1. The monoisotopic (exact) mass is 158 g/mol. The van der Waals surface area contributed by atoms with Crippen LogP contribution < -0.4 is 0 Å². The highest BCUT2D eigenvalue weighted by Gasteiger charge is 2.20. The fourth-order valence-electron chi connectivity index (χ4n) is 1.15. The summed E-state index contributed by atoms with van der Waals surface area (Å²) >= 11 is 0. The maximum absolute atomic E-state index is 10.4. The second-order valence-corrected chi connectivity index (χ2v) is 3.84. The zero-order chi connectivity index (χ0) is 8.91. The Balaban J connectivity index is 3.70. The number of carboxylic acid groups (broad SMARTS) is 1. The zero-order valence-corrected chi connectivity index (χ0v) is 7.68. The van der Waals surface area contributed by atoms with Crippen LogP contribution in [0.2, 0.25) is 0 Å². The predicted molar refractivity (Wildman–Crippen MR) is 45.6 cm³/mol. The molecule has 0 saturated heterocycles. The summed E-state index contributed by atoms with van der Waals surface area (Å²) in [5, 5.41) is 8.55. The van der Waals surface area contributed by atoms with Gasteiger partial charge in [0.15, 0.2) is 0 Å². The van der Waals surface area contributed by atoms with E-state index in [1.165, 1.54) is 0 Å². The first-order chi connectivity index (χ1) is 4.98. The molecule has 66 valence electrons. The molecule has 2 heteroatoms. The molecule has 0 aromatic heterocycles. The molecule has 0 heterocycles. The Bertz CT molecular complexity index is 128. The largest absolute Gasteiger partial charge is 0.481 e. The summed E-state index contributed by atoms with van der Waals surface area (Å²) < 4.78 is 0. The van der Waals surface area contributed by atoms with Gasteiger partial charge in [-0.05, 0) is 11.8 Å². The lowest BCUT2D eigenvalue weighted by Crippen LogP contribution is -2.16. The first-order valence-electron chi connectivity index (χ1n) is 4.20. The predicted octanol–water partition coefficient (Wildman–Crippen LogP) is 2.68. The minimum atomic E-state index is -0.689. The molecule has 0 aromatic rings. The third kappa shape index (κ3) is 5.89. The third-order valence-electron chi connectivity index (χ3n) is 1.84. The molecule has 0 atom stereocenters. The second-order valence-electron chi connectivity index (χ2n) is 3.84. The molecule has 0 aromatic carbocycles. The average molecular weight is 158 g/mol. The van der Waals surface area contributed by atoms with Gasteiger partial charge >= 0.3 is 5.97 Å². The van der Waals surface area contributed by atoms with Gasteiger partial charge in [-0.3, -0.25) is 4.79 Å². The van der Waals surface area contributed by atoms with E-state index in [0.29, 0.717) is 0 Å². The number of carbonyl (C=O) groups is 1. The summed E-state index contributed by atoms with van der Waals surface area (Å²) in [5.74, 6) is -0.689. The smallest absolute Gasteiger partial charge is 0.303 e. The Morgan fingerprint density at radius 3 is 2.36 bits per heavy atom. The summed E-state index contributed by atoms with van der Waals surface area (Å²) in [6.45, 7) is 6.14. The molecular weight excluding hydrogens is 140 g/mol. The normalized spacial score (nSPS) is 11.5. The highest BCUT2D eigenvalue weighted by molar-refractivity contribution is 5.67. The van der Waals surface area contributed by atoms with Gasteiger partial charge in [0.1, 0.15) is 0 Å². The maximum atomic E-state index is 10.4. The van der Waals surface area contributed by atoms with E-state index in [2.05, 4.69) is 6.92 Å². The van der Waals surface area contributed by atoms with Crippen molar-refractivity contribution in [2.24, 2.45) is 5.41 Å². The number of unbranched alkanes of at least 4 members (excludes halogenated alkanes) is 1. The standard InChI is InChI=1S/C9H18O2/c1-4-5-6-9(2,3)7-8(10)11/h4-7H2,1-3H3,(H,10,11). The lowest BCUT2D eigenvalue weighted by atomic mass is 9.84. The van der Waals surface area contributed by atoms with Crippen LogP contribution in [0.5, 0.6) is 0 Å². The molecule has 0 aliphatic heterocycles. The van der Waals surface area contributed by atoms with Crippen molar-refractivity contribution in [1.29, 1.82) is 0 Å². The van der Waals surface area contributed by atoms with E-state index in [4.69, 9.17) is 5.11 Å². The molecule has 0 spiro atoms. The van der Waals surface area contributed by atoms with E-state index in [1.54, 1.807) is 0 Å². The van der Waals surface area contributed by atoms with Crippen LogP contribution in [0.15, 0.2) is 0 Å². The zero-order valence-electron chi connectivity index (χ0n) is 7.68. The van der Waals surface area contributed by atoms with Gasteiger partial charge in [-0.25, -0.2) is 0 Å². The van der Waals surface area contributed by atoms with Crippen molar-refractivity contribution < 1.29 is 9.90 Å². The SMILES string of the molecule is CCCCC(C)(C)CC(=O)O. The fourth-order valence-corrected chi connectivity index (χ4v) is 1.15. The number of carboxylic acids is 1. The summed E-state index contributed by atoms with van der Waals surface area (Å²) in [6.07, 6.45) is 3.56. The molecule has 0 aliphatic carbocycles. The lowest BCUT2D eigenvalue weighted by Gasteiger charge is -2.21. The van der Waals surface area contributed by atoms with Crippen LogP contribution in [0.1, 0.15) is 46.5 Å². The molecular formula is C9H18O2. The van der Waals surface area contributed by atoms with Crippen molar-refractivity contribution in [2.45, 2.75) is 46.5 Å². The molecule has 2 nitrogen and oxygen atoms in total. The molecule has 0 radical (unpaired) electrons. The van der Waals surface area contributed by atoms with Crippen LogP contribution in [0.25, 0.3) is 0 Å². The van der Waals surface area contributed by atoms with Gasteiger partial charge in [-0.2, -0.15) is 0 Å². The van der Waals surface area contributed by atoms with E-state index < -0.39 is 5.97 Å². The molecule has 0 rings (SSSR count). The Morgan fingerprint density at radius 2 is 2.00 bits per heavy atom. The van der Waals surface area contributed by atoms with Crippen molar-refractivity contribution in [3.05, 3.63) is 0 Å². The van der Waals surface area contributed by atoms with Crippen molar-refractivity contribution in [3.63, 3.8) is 0 Å². The van der Waals surface area contributed by atoms with Gasteiger partial charge < -0.3 is 5.11 Å². The summed E-state index contributed by atoms with van der Waals surface area (Å²) in [6, 6.07) is 0. The Labute approximate surface area is 68.6 Å². The van der Waals surface area contributed by atoms with Crippen molar-refractivity contribution in [1.82, 2.24) is 0 Å². The second kappa shape index (κ2) is 4.37. The Kier molecular flexibility index (Phi) is 4.16. The minimum absolute atomic E-state index is 0.0259. The van der Waals surface area contributed by atoms with Crippen molar-refractivity contribution in [2.75, 3.05) is 0 Å². The Morgan fingerprint density at radius 1 is 1.45 bits per heavy atom. The van der Waals surface area contributed by atoms with E-state index in [9.17, 15) is 4.79 Å². The van der Waals surface area contributed by atoms with Crippen LogP contribution in [0.3, 0.4) is 0 Å². The molecule has 0 fully saturated rings. The van der Waals surface area contributed by atoms with E-state index >= 15 is 0 Å². The topological polar surface area (TPSA) is 37.3 Å². The third-order valence-corrected chi connectivity index (χ3v) is 1.84. The first kappa shape index (κ1) is 10.5. The van der Waals surface area contributed by atoms with Gasteiger partial charge in [-0.15, -0.1) is 0 Å². The average Bonchev–Trinajstić information content (AvgIpc) is 1.81. The number of hydrogen-bond acceptors (Lipinski definition) is 1. The fraction of sp³-hybridized carbons (Fsp3) is 0.889. The summed E-state index contributed by atoms with van der Waals surface area (Å²) in [4.78, 5) is 10.4. The highest BCUT2D eigenvalue weighted by Crippen LogP contribution is 2.26. The van der Waals surface area contributed by atoms with E-state index in [0.717, 1.165) is 19.3 Å². The first-order valence-corrected chi connectivity index (χ1v) is 4.20. The highest BCUT2D eigenvalue weighted by atomic mass is 16.4. The molecule has 0 aliphatic rings. The molecule has 0 unspecified atom stereocenters. The molecule has 11 heavy (non-hydrogen) atoms. The van der Waals surface area contributed by atoms with Crippen LogP contribution in [-0.2, 0) is 4.79 Å². The molecule has 0 bridgehead atoms. The number of hydrogen-bond donors (Lipinski definition) is 1. The Hall–Kier alpha value is -0.530. The van der Waals surface area contributed by atoms with Gasteiger partial charge in [0.05, 0.1) is 6.42 Å². The maximum Gasteiger partial charge on any atom is 0.303 e. The van der Waals surface area contributed by atoms with Gasteiger partial charge in [0.25, 0.3) is 0 Å². The van der Waals surface area contributed by atoms with Crippen molar-refractivity contribution >= 4 is 5.97 Å². The van der Waals surface area contributed by atoms with Crippen LogP contribution >= 0.6 is 0 Å². The summed E-state index contributed by atoms with van der Waals surface area (Å²) in [5.41, 5.74) is -0.0259. The van der Waals surface area contributed by atoms with Gasteiger partial charge in [0, 0.05) is 0 Å². The van der Waals surface area contributed by atoms with Gasteiger partial charge in [0.2, 0.25) is 0 Å². The van der Waals surface area contributed by atoms with Crippen molar-refractivity contribution in [3.8, 4) is 0 Å². The number of rotatable bonds is 5. The minimum Gasteiger partial charge on any atom is -0.481 e.